The van der Waals surface area contributed by atoms with E-state index in [1.54, 1.807) is 72.9 Å². The van der Waals surface area contributed by atoms with Gasteiger partial charge >= 0.3 is 0 Å². The average molecular weight is 394 g/mol. The Morgan fingerprint density at radius 2 is 1.68 bits per heavy atom. The summed E-state index contributed by atoms with van der Waals surface area (Å²) in [5.41, 5.74) is 1.54. The molecule has 0 fully saturated rings. The minimum absolute atomic E-state index is 0.0452. The van der Waals surface area contributed by atoms with Gasteiger partial charge in [-0.05, 0) is 55.8 Å². The number of rotatable bonds is 5. The quantitative estimate of drug-likeness (QED) is 0.665. The lowest BCUT2D eigenvalue weighted by molar-refractivity contribution is 0.0954. The number of hydrogen-bond donors (Lipinski definition) is 0. The number of pyridine rings is 1. The van der Waals surface area contributed by atoms with Crippen LogP contribution in [0.4, 0.5) is 0 Å². The van der Waals surface area contributed by atoms with Crippen LogP contribution >= 0.6 is 0 Å². The Morgan fingerprint density at radius 3 is 2.39 bits per heavy atom. The number of sulfone groups is 1. The summed E-state index contributed by atoms with van der Waals surface area (Å²) < 4.78 is 26.7. The lowest BCUT2D eigenvalue weighted by Gasteiger charge is -2.09. The zero-order chi connectivity index (χ0) is 20.1. The third-order valence-corrected chi connectivity index (χ3v) is 5.78. The molecule has 0 radical (unpaired) electrons. The molecule has 0 atom stereocenters. The molecule has 0 spiro atoms. The Bertz CT molecular complexity index is 1150. The maximum atomic E-state index is 13.0. The van der Waals surface area contributed by atoms with E-state index in [4.69, 9.17) is 0 Å². The number of benzene rings is 2. The van der Waals surface area contributed by atoms with Crippen LogP contribution < -0.4 is 5.49 Å². The molecule has 1 aromatic heterocycles. The van der Waals surface area contributed by atoms with Crippen LogP contribution in [-0.2, 0) is 15.6 Å². The predicted octanol–water partition coefficient (Wildman–Crippen LogP) is 3.46. The molecule has 6 heteroatoms. The van der Waals surface area contributed by atoms with Crippen LogP contribution in [-0.4, -0.2) is 24.9 Å². The van der Waals surface area contributed by atoms with E-state index < -0.39 is 9.84 Å². The fourth-order valence-electron chi connectivity index (χ4n) is 2.84. The molecular weight excluding hydrogens is 372 g/mol. The molecule has 0 aliphatic rings. The second-order valence-corrected chi connectivity index (χ2v) is 8.72. The highest BCUT2D eigenvalue weighted by Crippen LogP contribution is 2.17. The zero-order valence-corrected chi connectivity index (χ0v) is 16.6. The topological polar surface area (TPSA) is 68.5 Å². The van der Waals surface area contributed by atoms with Gasteiger partial charge in [0.1, 0.15) is 5.49 Å². The maximum Gasteiger partial charge on any atom is 0.263 e. The lowest BCUT2D eigenvalue weighted by Crippen LogP contribution is -2.28. The first kappa shape index (κ1) is 19.8. The van der Waals surface area contributed by atoms with Gasteiger partial charge in [-0.3, -0.25) is 14.4 Å². The van der Waals surface area contributed by atoms with Gasteiger partial charge in [-0.1, -0.05) is 36.4 Å². The van der Waals surface area contributed by atoms with Crippen molar-refractivity contribution in [2.45, 2.75) is 30.5 Å². The Morgan fingerprint density at radius 1 is 0.964 bits per heavy atom. The molecule has 0 unspecified atom stereocenters. The number of carbonyl (C=O) groups excluding carboxylic acids is 1. The van der Waals surface area contributed by atoms with Crippen LogP contribution in [0.2, 0.25) is 0 Å². The fraction of sp³-hybridized carbons (Fsp3) is 0.182. The van der Waals surface area contributed by atoms with Crippen molar-refractivity contribution < 1.29 is 13.2 Å². The van der Waals surface area contributed by atoms with Gasteiger partial charge in [-0.25, -0.2) is 8.42 Å². The van der Waals surface area contributed by atoms with Gasteiger partial charge in [0.05, 0.1) is 10.6 Å². The highest BCUT2D eigenvalue weighted by molar-refractivity contribution is 7.90. The van der Waals surface area contributed by atoms with Crippen LogP contribution in [0.15, 0.2) is 88.9 Å². The van der Waals surface area contributed by atoms with Crippen molar-refractivity contribution >= 4 is 15.7 Å². The Kier molecular flexibility index (Phi) is 5.90. The lowest BCUT2D eigenvalue weighted by atomic mass is 10.1. The van der Waals surface area contributed by atoms with Crippen LogP contribution in [0.25, 0.3) is 0 Å². The summed E-state index contributed by atoms with van der Waals surface area (Å²) in [6.07, 6.45) is 1.66. The first-order valence-corrected chi connectivity index (χ1v) is 10.6. The van der Waals surface area contributed by atoms with Crippen molar-refractivity contribution in [2.75, 3.05) is 0 Å². The number of carbonyl (C=O) groups is 1. The largest absolute Gasteiger partial charge is 0.268 e. The maximum absolute atomic E-state index is 13.0. The predicted molar refractivity (Wildman–Crippen MR) is 109 cm³/mol. The van der Waals surface area contributed by atoms with Gasteiger partial charge in [0.15, 0.2) is 9.84 Å². The average Bonchev–Trinajstić information content (AvgIpc) is 2.68. The van der Waals surface area contributed by atoms with Crippen molar-refractivity contribution in [1.29, 1.82) is 0 Å². The van der Waals surface area contributed by atoms with Crippen LogP contribution in [0.1, 0.15) is 29.8 Å². The van der Waals surface area contributed by atoms with Crippen LogP contribution in [0.5, 0.6) is 0 Å². The van der Waals surface area contributed by atoms with Crippen LogP contribution in [0, 0.1) is 0 Å². The molecule has 0 bridgehead atoms. The molecule has 1 heterocycles. The minimum atomic E-state index is -3.48. The molecule has 0 aliphatic carbocycles. The van der Waals surface area contributed by atoms with E-state index in [2.05, 4.69) is 4.99 Å². The van der Waals surface area contributed by atoms with E-state index in [9.17, 15) is 13.2 Å². The van der Waals surface area contributed by atoms with Crippen LogP contribution in [0.3, 0.4) is 0 Å². The SMILES string of the molecule is CC(C)N=c1ccccn1C(=O)c1cccc(CS(=O)(=O)c2ccccc2)c1. The van der Waals surface area contributed by atoms with Gasteiger partial charge in [0.2, 0.25) is 0 Å². The monoisotopic (exact) mass is 394 g/mol. The van der Waals surface area contributed by atoms with Gasteiger partial charge in [-0.2, -0.15) is 0 Å². The standard InChI is InChI=1S/C22H22N2O3S/c1-17(2)23-21-13-6-7-14-24(21)22(25)19-10-8-9-18(15-19)16-28(26,27)20-11-4-3-5-12-20/h3-15,17H,16H2,1-2H3. The Labute approximate surface area is 164 Å². The molecule has 3 rings (SSSR count). The molecule has 0 aliphatic heterocycles. The summed E-state index contributed by atoms with van der Waals surface area (Å²) in [4.78, 5) is 17.7. The van der Waals surface area contributed by atoms with Gasteiger partial charge in [0.25, 0.3) is 5.91 Å². The number of nitrogens with zero attached hydrogens (tertiary/aromatic N) is 2. The van der Waals surface area contributed by atoms with Crippen molar-refractivity contribution in [3.63, 3.8) is 0 Å². The molecule has 28 heavy (non-hydrogen) atoms. The smallest absolute Gasteiger partial charge is 0.263 e. The van der Waals surface area contributed by atoms with Crippen molar-refractivity contribution in [3.8, 4) is 0 Å². The second-order valence-electron chi connectivity index (χ2n) is 6.73. The summed E-state index contributed by atoms with van der Waals surface area (Å²) in [7, 11) is -3.48. The molecule has 0 amide bonds. The molecule has 2 aromatic carbocycles. The summed E-state index contributed by atoms with van der Waals surface area (Å²) in [5.74, 6) is -0.417. The van der Waals surface area contributed by atoms with E-state index in [1.807, 2.05) is 19.9 Å². The molecule has 144 valence electrons. The molecule has 3 aromatic rings. The summed E-state index contributed by atoms with van der Waals surface area (Å²) in [6.45, 7) is 3.88. The zero-order valence-electron chi connectivity index (χ0n) is 15.8. The first-order valence-electron chi connectivity index (χ1n) is 9.00. The minimum Gasteiger partial charge on any atom is -0.268 e. The van der Waals surface area contributed by atoms with Crippen molar-refractivity contribution in [1.82, 2.24) is 4.57 Å². The molecule has 0 saturated carbocycles. The van der Waals surface area contributed by atoms with E-state index in [1.165, 1.54) is 4.57 Å². The molecule has 0 saturated heterocycles. The normalized spacial score (nSPS) is 12.3. The third-order valence-electron chi connectivity index (χ3n) is 4.08. The number of aromatic nitrogens is 1. The third kappa shape index (κ3) is 4.64. The Hall–Kier alpha value is -2.99. The van der Waals surface area contributed by atoms with Crippen molar-refractivity contribution in [2.24, 2.45) is 4.99 Å². The molecule has 5 nitrogen and oxygen atoms in total. The molecular formula is C22H22N2O3S. The van der Waals surface area contributed by atoms with Gasteiger partial charge in [-0.15, -0.1) is 0 Å². The summed E-state index contributed by atoms with van der Waals surface area (Å²) in [5, 5.41) is 0. The second kappa shape index (κ2) is 8.35. The Balaban J connectivity index is 1.94. The van der Waals surface area contributed by atoms with Gasteiger partial charge in [0, 0.05) is 17.8 Å². The van der Waals surface area contributed by atoms with E-state index in [-0.39, 0.29) is 22.6 Å². The van der Waals surface area contributed by atoms with E-state index >= 15 is 0 Å². The molecule has 0 N–H and O–H groups in total. The summed E-state index contributed by atoms with van der Waals surface area (Å²) >= 11 is 0. The number of hydrogen-bond acceptors (Lipinski definition) is 4. The van der Waals surface area contributed by atoms with E-state index in [0.717, 1.165) is 0 Å². The van der Waals surface area contributed by atoms with E-state index in [0.29, 0.717) is 16.6 Å². The van der Waals surface area contributed by atoms with Gasteiger partial charge < -0.3 is 0 Å². The summed E-state index contributed by atoms with van der Waals surface area (Å²) in [6, 6.07) is 20.4. The van der Waals surface area contributed by atoms with Crippen molar-refractivity contribution in [3.05, 3.63) is 95.6 Å². The highest BCUT2D eigenvalue weighted by Gasteiger charge is 2.16. The fourth-order valence-corrected chi connectivity index (χ4v) is 4.20. The first-order chi connectivity index (χ1) is 13.4. The highest BCUT2D eigenvalue weighted by atomic mass is 32.2.